The number of para-hydroxylation sites is 1. The van der Waals surface area contributed by atoms with Crippen LogP contribution in [-0.4, -0.2) is 97.3 Å². The van der Waals surface area contributed by atoms with Crippen LogP contribution in [0.25, 0.3) is 22.0 Å². The second-order valence-electron chi connectivity index (χ2n) is 15.2. The van der Waals surface area contributed by atoms with E-state index in [2.05, 4.69) is 27.5 Å². The molecule has 6 aromatic rings. The highest BCUT2D eigenvalue weighted by atomic mass is 16.5. The second-order valence-corrected chi connectivity index (χ2v) is 15.2. The first kappa shape index (κ1) is 41.1. The van der Waals surface area contributed by atoms with Crippen LogP contribution in [0.15, 0.2) is 134 Å². The molecule has 2 saturated heterocycles. The molecular weight excluding hydrogens is 787 g/mol. The number of urea groups is 2. The number of carbonyl (C=O) groups is 4. The molecule has 15 heteroatoms. The van der Waals surface area contributed by atoms with Gasteiger partial charge in [-0.15, -0.1) is 6.58 Å². The summed E-state index contributed by atoms with van der Waals surface area (Å²) < 4.78 is 7.20. The van der Waals surface area contributed by atoms with Gasteiger partial charge in [0.2, 0.25) is 11.8 Å². The van der Waals surface area contributed by atoms with E-state index in [4.69, 9.17) is 4.74 Å². The number of benzene rings is 4. The first-order valence-corrected chi connectivity index (χ1v) is 20.2. The molecule has 4 N–H and O–H groups in total. The minimum Gasteiger partial charge on any atom is -0.508 e. The van der Waals surface area contributed by atoms with Gasteiger partial charge in [0.05, 0.1) is 25.7 Å². The fourth-order valence-corrected chi connectivity index (χ4v) is 8.25. The zero-order valence-corrected chi connectivity index (χ0v) is 34.4. The molecule has 0 bridgehead atoms. The summed E-state index contributed by atoms with van der Waals surface area (Å²) in [6, 6.07) is 30.9. The van der Waals surface area contributed by atoms with E-state index >= 15 is 0 Å². The third-order valence-corrected chi connectivity index (χ3v) is 11.1. The van der Waals surface area contributed by atoms with Crippen LogP contribution in [0.3, 0.4) is 0 Å². The molecule has 6 amide bonds. The number of nitrogens with one attached hydrogen (secondary N) is 3. The van der Waals surface area contributed by atoms with E-state index in [1.54, 1.807) is 93.8 Å². The number of aromatic hydroxyl groups is 1. The predicted molar refractivity (Wildman–Crippen MR) is 236 cm³/mol. The van der Waals surface area contributed by atoms with E-state index in [-0.39, 0.29) is 56.7 Å². The van der Waals surface area contributed by atoms with Gasteiger partial charge in [-0.05, 0) is 65.2 Å². The van der Waals surface area contributed by atoms with Gasteiger partial charge in [0.25, 0.3) is 0 Å². The molecule has 2 atom stereocenters. The molecule has 4 aromatic carbocycles. The van der Waals surface area contributed by atoms with Crippen molar-refractivity contribution >= 4 is 46.3 Å². The summed E-state index contributed by atoms with van der Waals surface area (Å²) in [4.78, 5) is 63.6. The Morgan fingerprint density at radius 3 is 2.40 bits per heavy atom. The van der Waals surface area contributed by atoms with Crippen LogP contribution >= 0.6 is 0 Å². The molecule has 316 valence electrons. The molecule has 0 radical (unpaired) electrons. The highest BCUT2D eigenvalue weighted by molar-refractivity contribution is 6.00. The summed E-state index contributed by atoms with van der Waals surface area (Å²) in [6.07, 6.45) is 4.71. The Bertz CT molecular complexity index is 2600. The second kappa shape index (κ2) is 17.9. The Kier molecular flexibility index (Phi) is 11.9. The Morgan fingerprint density at radius 2 is 1.69 bits per heavy atom. The van der Waals surface area contributed by atoms with Gasteiger partial charge in [0.15, 0.2) is 0 Å². The Labute approximate surface area is 358 Å². The third-order valence-electron chi connectivity index (χ3n) is 11.1. The number of ether oxygens (including phenoxy) is 1. The van der Waals surface area contributed by atoms with Crippen molar-refractivity contribution < 1.29 is 29.0 Å². The standard InChI is InChI=1S/C47H47N9O6/c1-4-23-54-30-43(58)55-40(24-31-13-18-36(57)19-14-31)45(59)53(29-42(55)56(54)47(61)49-25-32-9-6-5-7-10-32)27-34-11-8-12-38-39(28-52(2)44(34)38)33-15-22-41(48-26-33)51-46(60)50-35-16-20-37(62-3)21-17-35/h4-22,26,28,40,42,57H,1,23-25,27,29-30H2,2-3H3,(H,49,61)(H2,48,50,51,60)/t40-,42-/m0/s1. The average Bonchev–Trinajstić information content (AvgIpc) is 3.62. The van der Waals surface area contributed by atoms with Gasteiger partial charge in [0, 0.05) is 67.7 Å². The fraction of sp³-hybridized carbons (Fsp3) is 0.213. The molecule has 2 fully saturated rings. The predicted octanol–water partition coefficient (Wildman–Crippen LogP) is 6.34. The van der Waals surface area contributed by atoms with Gasteiger partial charge in [0.1, 0.15) is 29.5 Å². The topological polar surface area (TPSA) is 165 Å². The van der Waals surface area contributed by atoms with Crippen molar-refractivity contribution in [2.75, 3.05) is 37.4 Å². The number of hydrogen-bond acceptors (Lipinski definition) is 8. The van der Waals surface area contributed by atoms with Crippen LogP contribution in [0.2, 0.25) is 0 Å². The minimum absolute atomic E-state index is 0.0567. The summed E-state index contributed by atoms with van der Waals surface area (Å²) in [5.41, 5.74) is 5.78. The Morgan fingerprint density at radius 1 is 0.919 bits per heavy atom. The summed E-state index contributed by atoms with van der Waals surface area (Å²) in [5.74, 6) is 0.615. The Balaban J connectivity index is 1.07. The molecule has 4 heterocycles. The number of aryl methyl sites for hydroxylation is 1. The van der Waals surface area contributed by atoms with E-state index in [0.29, 0.717) is 17.3 Å². The molecule has 62 heavy (non-hydrogen) atoms. The normalized spacial score (nSPS) is 16.5. The quantitative estimate of drug-likeness (QED) is 0.104. The molecule has 15 nitrogen and oxygen atoms in total. The molecule has 0 spiro atoms. The Hall–Kier alpha value is -7.65. The number of aromatic nitrogens is 2. The third kappa shape index (κ3) is 8.65. The van der Waals surface area contributed by atoms with E-state index in [0.717, 1.165) is 38.7 Å². The molecule has 2 aromatic heterocycles. The lowest BCUT2D eigenvalue weighted by Gasteiger charge is -2.55. The number of phenolic OH excluding ortho intramolecular Hbond substituents is 1. The highest BCUT2D eigenvalue weighted by Crippen LogP contribution is 2.35. The molecule has 0 saturated carbocycles. The first-order chi connectivity index (χ1) is 30.1. The largest absolute Gasteiger partial charge is 0.508 e. The molecule has 2 aliphatic rings. The number of anilines is 2. The maximum atomic E-state index is 14.8. The number of pyridine rings is 1. The van der Waals surface area contributed by atoms with Gasteiger partial charge < -0.3 is 34.8 Å². The maximum Gasteiger partial charge on any atom is 0.334 e. The SMILES string of the molecule is C=CCN1CC(=O)N2[C@@H](Cc3ccc(O)cc3)C(=O)N(Cc3cccc4c(-c5ccc(NC(=O)Nc6ccc(OC)cc6)nc5)cn(C)c34)C[C@@H]2N1C(=O)NCc1ccccc1. The molecule has 0 unspecified atom stereocenters. The summed E-state index contributed by atoms with van der Waals surface area (Å²) >= 11 is 0. The molecular formula is C47H47N9O6. The van der Waals surface area contributed by atoms with Gasteiger partial charge >= 0.3 is 12.1 Å². The van der Waals surface area contributed by atoms with Crippen molar-refractivity contribution in [3.05, 3.63) is 151 Å². The van der Waals surface area contributed by atoms with Crippen LogP contribution in [0, 0.1) is 0 Å². The number of rotatable bonds is 12. The highest BCUT2D eigenvalue weighted by Gasteiger charge is 2.51. The van der Waals surface area contributed by atoms with Crippen molar-refractivity contribution in [3.8, 4) is 22.6 Å². The smallest absolute Gasteiger partial charge is 0.334 e. The van der Waals surface area contributed by atoms with Crippen LogP contribution in [-0.2, 0) is 36.1 Å². The van der Waals surface area contributed by atoms with E-state index in [1.807, 2.05) is 72.4 Å². The van der Waals surface area contributed by atoms with Crippen LogP contribution < -0.4 is 20.7 Å². The fourth-order valence-electron chi connectivity index (χ4n) is 8.25. The molecule has 2 aliphatic heterocycles. The molecule has 8 rings (SSSR count). The van der Waals surface area contributed by atoms with Crippen molar-refractivity contribution in [1.29, 1.82) is 0 Å². The number of carbonyl (C=O) groups excluding carboxylic acids is 4. The number of phenols is 1. The van der Waals surface area contributed by atoms with E-state index < -0.39 is 24.3 Å². The van der Waals surface area contributed by atoms with Crippen molar-refractivity contribution in [2.45, 2.75) is 31.7 Å². The summed E-state index contributed by atoms with van der Waals surface area (Å²) in [5, 5.41) is 22.8. The average molecular weight is 834 g/mol. The minimum atomic E-state index is -0.930. The number of piperazine rings is 1. The zero-order valence-electron chi connectivity index (χ0n) is 34.4. The van der Waals surface area contributed by atoms with Gasteiger partial charge in [-0.2, -0.15) is 0 Å². The number of hydrogen-bond donors (Lipinski definition) is 4. The first-order valence-electron chi connectivity index (χ1n) is 20.2. The van der Waals surface area contributed by atoms with Gasteiger partial charge in [-0.1, -0.05) is 66.7 Å². The molecule has 0 aliphatic carbocycles. The summed E-state index contributed by atoms with van der Waals surface area (Å²) in [6.45, 7) is 4.53. The number of amides is 6. The van der Waals surface area contributed by atoms with E-state index in [9.17, 15) is 24.3 Å². The van der Waals surface area contributed by atoms with Crippen LogP contribution in [0.1, 0.15) is 16.7 Å². The van der Waals surface area contributed by atoms with Crippen molar-refractivity contribution in [1.82, 2.24) is 34.7 Å². The lowest BCUT2D eigenvalue weighted by atomic mass is 9.98. The van der Waals surface area contributed by atoms with E-state index in [1.165, 1.54) is 0 Å². The van der Waals surface area contributed by atoms with Gasteiger partial charge in [-0.25, -0.2) is 24.6 Å². The number of nitrogens with zero attached hydrogens (tertiary/aromatic N) is 6. The number of hydrazine groups is 1. The van der Waals surface area contributed by atoms with Crippen LogP contribution in [0.5, 0.6) is 11.5 Å². The zero-order chi connectivity index (χ0) is 43.3. The lowest BCUT2D eigenvalue weighted by Crippen LogP contribution is -2.76. The monoisotopic (exact) mass is 833 g/mol. The van der Waals surface area contributed by atoms with Crippen molar-refractivity contribution in [2.24, 2.45) is 7.05 Å². The number of methoxy groups -OCH3 is 1. The van der Waals surface area contributed by atoms with Crippen LogP contribution in [0.4, 0.5) is 21.1 Å². The maximum absolute atomic E-state index is 14.8. The summed E-state index contributed by atoms with van der Waals surface area (Å²) in [7, 11) is 3.52. The van der Waals surface area contributed by atoms with Crippen molar-refractivity contribution in [3.63, 3.8) is 0 Å². The van der Waals surface area contributed by atoms with Gasteiger partial charge in [-0.3, -0.25) is 14.9 Å². The lowest BCUT2D eigenvalue weighted by molar-refractivity contribution is -0.189. The number of fused-ring (bicyclic) bond motifs is 2.